The lowest BCUT2D eigenvalue weighted by Gasteiger charge is -2.19. The van der Waals surface area contributed by atoms with Gasteiger partial charge in [-0.2, -0.15) is 0 Å². The van der Waals surface area contributed by atoms with E-state index in [0.717, 1.165) is 0 Å². The number of carboxylic acids is 1. The van der Waals surface area contributed by atoms with Crippen molar-refractivity contribution in [3.05, 3.63) is 106 Å². The number of aliphatic imine (C=N–C) groups is 4. The second kappa shape index (κ2) is 22.9. The molecular formula is C51H51AlN8O15S. The molecule has 1 N–H and O–H groups in total. The Bertz CT molecular complexity index is 3650. The first kappa shape index (κ1) is 52.1. The van der Waals surface area contributed by atoms with Crippen molar-refractivity contribution < 1.29 is 69.0 Å². The predicted octanol–water partition coefficient (Wildman–Crippen LogP) is 4.17. The largest absolute Gasteiger partial charge is 0.825 e. The van der Waals surface area contributed by atoms with Crippen LogP contribution in [0.3, 0.4) is 0 Å². The fourth-order valence-corrected chi connectivity index (χ4v) is 13.5. The van der Waals surface area contributed by atoms with Gasteiger partial charge in [0.1, 0.15) is 72.0 Å². The molecule has 6 aromatic rings. The monoisotopic (exact) mass is 1070 g/mol. The summed E-state index contributed by atoms with van der Waals surface area (Å²) in [4.78, 5) is 55.3. The molecule has 0 saturated carbocycles. The van der Waals surface area contributed by atoms with Crippen LogP contribution in [0, 0.1) is 0 Å². The summed E-state index contributed by atoms with van der Waals surface area (Å²) in [6, 6.07) is 21.7. The maximum absolute atomic E-state index is 15.0. The van der Waals surface area contributed by atoms with Gasteiger partial charge in [0.25, 0.3) is 0 Å². The highest BCUT2D eigenvalue weighted by molar-refractivity contribution is 7.87. The van der Waals surface area contributed by atoms with E-state index in [-0.39, 0.29) is 118 Å². The zero-order chi connectivity index (χ0) is 52.9. The Morgan fingerprint density at radius 2 is 1.03 bits per heavy atom. The van der Waals surface area contributed by atoms with Gasteiger partial charge in [-0.3, -0.25) is 9.59 Å². The Balaban J connectivity index is 1.33. The van der Waals surface area contributed by atoms with Crippen molar-refractivity contribution in [2.45, 2.75) is 19.3 Å². The smallest absolute Gasteiger partial charge is 0.490 e. The van der Waals surface area contributed by atoms with E-state index in [1.54, 1.807) is 71.9 Å². The van der Waals surface area contributed by atoms with Crippen LogP contribution < -0.4 is 29.9 Å². The minimum Gasteiger partial charge on any atom is -0.490 e. The van der Waals surface area contributed by atoms with Gasteiger partial charge in [-0.05, 0) is 30.7 Å². The average Bonchev–Trinajstić information content (AvgIpc) is 4.25. The number of nitrogens with zero attached hydrogens (tertiary/aromatic N) is 8. The molecule has 23 nitrogen and oxygen atoms in total. The lowest BCUT2D eigenvalue weighted by Crippen LogP contribution is -2.50. The molecule has 0 radical (unpaired) electrons. The normalized spacial score (nSPS) is 13.9. The van der Waals surface area contributed by atoms with Crippen LogP contribution in [0.1, 0.15) is 41.5 Å². The SMILES string of the molecule is COCCOc1cccc2c1C1=NC2=Nc2c3c(OCCOC)cccc3c3[n]2[Al]([O]S(=O)(=O)CCCOC(=O)CCC(=O)O)[n]2c(c4cccc(OCCOC)c4c2=NC2=NC(=N3)c3c(OCCOC)cccc32)=N1. The number of rotatable bonds is 25. The Labute approximate surface area is 439 Å². The molecule has 2 aromatic heterocycles. The third-order valence-corrected chi connectivity index (χ3v) is 16.9. The maximum atomic E-state index is 15.0. The van der Waals surface area contributed by atoms with Crippen LogP contribution in [0.15, 0.2) is 103 Å². The van der Waals surface area contributed by atoms with Gasteiger partial charge >= 0.3 is 26.9 Å². The number of methoxy groups -OCH3 is 4. The van der Waals surface area contributed by atoms with E-state index in [4.69, 9.17) is 80.9 Å². The van der Waals surface area contributed by atoms with Gasteiger partial charge in [0, 0.05) is 50.3 Å². The molecule has 0 spiro atoms. The molecular weight excluding hydrogens is 1020 g/mol. The van der Waals surface area contributed by atoms with Gasteiger partial charge in [0.2, 0.25) is 10.1 Å². The van der Waals surface area contributed by atoms with Crippen LogP contribution in [0.25, 0.3) is 21.5 Å². The predicted molar refractivity (Wildman–Crippen MR) is 278 cm³/mol. The molecule has 25 heteroatoms. The van der Waals surface area contributed by atoms with E-state index in [1.165, 1.54) is 0 Å². The third-order valence-electron chi connectivity index (χ3n) is 12.3. The van der Waals surface area contributed by atoms with E-state index in [2.05, 4.69) is 0 Å². The Kier molecular flexibility index (Phi) is 15.7. The highest BCUT2D eigenvalue weighted by Crippen LogP contribution is 2.46. The van der Waals surface area contributed by atoms with Crippen molar-refractivity contribution >= 4 is 93.5 Å². The molecule has 10 rings (SSSR count). The Hall–Kier alpha value is -7.34. The van der Waals surface area contributed by atoms with Crippen LogP contribution in [-0.2, 0) is 46.6 Å². The number of amidine groups is 4. The van der Waals surface area contributed by atoms with Gasteiger partial charge in [-0.25, -0.2) is 38.4 Å². The van der Waals surface area contributed by atoms with Crippen LogP contribution in [0.2, 0.25) is 0 Å². The summed E-state index contributed by atoms with van der Waals surface area (Å²) in [6.07, 6.45) is -1.03. The van der Waals surface area contributed by atoms with Crippen molar-refractivity contribution in [2.75, 3.05) is 93.7 Å². The number of fused-ring (bicyclic) bond motifs is 14. The fourth-order valence-electron chi connectivity index (χ4n) is 9.03. The highest BCUT2D eigenvalue weighted by Gasteiger charge is 2.46. The molecule has 0 unspecified atom stereocenters. The summed E-state index contributed by atoms with van der Waals surface area (Å²) < 4.78 is 92.4. The first-order valence-electron chi connectivity index (χ1n) is 24.2. The second-order valence-corrected chi connectivity index (χ2v) is 21.2. The molecule has 0 fully saturated rings. The van der Waals surface area contributed by atoms with Gasteiger partial charge in [-0.15, -0.1) is 0 Å². The van der Waals surface area contributed by atoms with Crippen molar-refractivity contribution in [3.8, 4) is 23.0 Å². The molecule has 6 bridgehead atoms. The number of hydrogen-bond acceptors (Lipinski definition) is 20. The molecule has 394 valence electrons. The number of aromatic nitrogens is 2. The van der Waals surface area contributed by atoms with E-state index < -0.39 is 49.2 Å². The highest BCUT2D eigenvalue weighted by atomic mass is 32.2. The molecule has 6 heterocycles. The number of esters is 1. The Morgan fingerprint density at radius 3 is 1.63 bits per heavy atom. The molecule has 76 heavy (non-hydrogen) atoms. The summed E-state index contributed by atoms with van der Waals surface area (Å²) in [5.41, 5.74) is 2.50. The van der Waals surface area contributed by atoms with E-state index in [9.17, 15) is 18.0 Å². The first-order chi connectivity index (χ1) is 37.0. The van der Waals surface area contributed by atoms with Crippen LogP contribution >= 0.6 is 0 Å². The summed E-state index contributed by atoms with van der Waals surface area (Å²) >= 11 is -4.13. The van der Waals surface area contributed by atoms with Crippen molar-refractivity contribution in [1.82, 2.24) is 7.10 Å². The van der Waals surface area contributed by atoms with Crippen LogP contribution in [0.5, 0.6) is 23.0 Å². The number of benzene rings is 4. The topological polar surface area (TPSA) is 265 Å². The number of carbonyl (C=O) groups is 2. The first-order valence-corrected chi connectivity index (χ1v) is 27.3. The molecule has 4 aliphatic heterocycles. The molecule has 0 atom stereocenters. The van der Waals surface area contributed by atoms with E-state index in [1.807, 2.05) is 36.4 Å². The van der Waals surface area contributed by atoms with Gasteiger partial charge < -0.3 is 58.1 Å². The van der Waals surface area contributed by atoms with Crippen molar-refractivity contribution in [1.29, 1.82) is 0 Å². The van der Waals surface area contributed by atoms with Gasteiger partial charge in [0.15, 0.2) is 23.3 Å². The molecule has 0 saturated heterocycles. The quantitative estimate of drug-likeness (QED) is 0.0479. The van der Waals surface area contributed by atoms with Crippen molar-refractivity contribution in [3.63, 3.8) is 0 Å². The number of aliphatic carboxylic acids is 1. The molecule has 0 aliphatic carbocycles. The zero-order valence-corrected chi connectivity index (χ0v) is 43.8. The minimum absolute atomic E-state index is 0.130. The number of carboxylic acid groups (broad SMARTS) is 1. The standard InChI is InChI=1S/C44H40N8O8.C7H12O7S.Al/c1-53-17-21-57-29-13-5-9-25-33(29)41-45-37(25)50-42-35-27(11-7-15-31(35)59-23-19-55-3)39(47-42)52-44-36-28(12-8-16-32(36)60-24-20-56-4)40(48-44)51-43-34-26(38(46-43)49-41)10-6-14-30(34)58-22-18-54-2;8-6(9)2-3-7(10)14-4-1-5-15(11,12)13;/h5-16H,17-24H2,1-4H3;1-5H2,(H,8,9)(H,11,12,13);/q-2;;+3/p-1. The third kappa shape index (κ3) is 10.3. The summed E-state index contributed by atoms with van der Waals surface area (Å²) in [5, 5.41) is 10.9. The summed E-state index contributed by atoms with van der Waals surface area (Å²) in [7, 11) is 1.63. The summed E-state index contributed by atoms with van der Waals surface area (Å²) in [6.45, 7) is 1.36. The number of hydrogen-bond donors (Lipinski definition) is 1. The van der Waals surface area contributed by atoms with Crippen LogP contribution in [0.4, 0.5) is 11.6 Å². The van der Waals surface area contributed by atoms with Gasteiger partial charge in [0.05, 0.1) is 73.5 Å². The maximum Gasteiger partial charge on any atom is 0.825 e. The lowest BCUT2D eigenvalue weighted by molar-refractivity contribution is -0.147. The molecule has 0 amide bonds. The average molecular weight is 1080 g/mol. The van der Waals surface area contributed by atoms with Crippen LogP contribution in [-0.4, -0.2) is 164 Å². The molecule has 4 aliphatic rings. The second-order valence-electron chi connectivity index (χ2n) is 17.2. The number of ether oxygens (including phenoxy) is 9. The lowest BCUT2D eigenvalue weighted by atomic mass is 10.1. The fraction of sp³-hybridized carbons (Fsp3) is 0.333. The summed E-state index contributed by atoms with van der Waals surface area (Å²) in [5.74, 6) is 0.168. The Morgan fingerprint density at radius 1 is 0.526 bits per heavy atom. The van der Waals surface area contributed by atoms with Gasteiger partial charge in [-0.1, -0.05) is 48.5 Å². The molecule has 4 aromatic carbocycles. The van der Waals surface area contributed by atoms with Crippen molar-refractivity contribution in [2.24, 2.45) is 30.0 Å². The van der Waals surface area contributed by atoms with E-state index in [0.29, 0.717) is 66.8 Å². The number of carbonyl (C=O) groups excluding carboxylic acids is 1. The minimum atomic E-state index is -4.64. The zero-order valence-electron chi connectivity index (χ0n) is 41.8. The van der Waals surface area contributed by atoms with E-state index >= 15 is 0 Å².